The number of nitrogens with one attached hydrogen (secondary N) is 1. The van der Waals surface area contributed by atoms with Gasteiger partial charge >= 0.3 is 0 Å². The average molecular weight is 441 g/mol. The van der Waals surface area contributed by atoms with Gasteiger partial charge in [0.15, 0.2) is 0 Å². The molecule has 3 aromatic carbocycles. The minimum Gasteiger partial charge on any atom is -0.497 e. The van der Waals surface area contributed by atoms with E-state index in [4.69, 9.17) is 9.47 Å². The first-order chi connectivity index (χ1) is 16.1. The monoisotopic (exact) mass is 440 g/mol. The molecule has 1 amide bonds. The summed E-state index contributed by atoms with van der Waals surface area (Å²) in [6.45, 7) is 1.96. The Bertz CT molecular complexity index is 1280. The number of benzene rings is 3. The van der Waals surface area contributed by atoms with Crippen LogP contribution in [0.25, 0.3) is 16.9 Å². The number of nitrogens with zero attached hydrogens (tertiary/aromatic N) is 3. The molecule has 0 aliphatic heterocycles. The number of carbonyl (C=O) groups is 1. The van der Waals surface area contributed by atoms with Gasteiger partial charge in [-0.1, -0.05) is 30.3 Å². The first kappa shape index (κ1) is 21.8. The van der Waals surface area contributed by atoms with Gasteiger partial charge in [-0.15, -0.1) is 0 Å². The van der Waals surface area contributed by atoms with Gasteiger partial charge in [0.25, 0.3) is 5.91 Å². The molecule has 4 aromatic rings. The molecule has 0 saturated heterocycles. The average Bonchev–Trinajstić information content (AvgIpc) is 3.31. The molecule has 0 spiro atoms. The van der Waals surface area contributed by atoms with Crippen LogP contribution in [0.2, 0.25) is 0 Å². The number of rotatable bonds is 7. The van der Waals surface area contributed by atoms with Crippen molar-refractivity contribution >= 4 is 12.1 Å². The molecule has 4 rings (SSSR count). The summed E-state index contributed by atoms with van der Waals surface area (Å²) < 4.78 is 12.2. The quantitative estimate of drug-likeness (QED) is 0.336. The molecule has 0 unspecified atom stereocenters. The Morgan fingerprint density at radius 2 is 1.73 bits per heavy atom. The number of para-hydroxylation sites is 1. The van der Waals surface area contributed by atoms with Gasteiger partial charge in [-0.05, 0) is 66.6 Å². The molecule has 1 N–H and O–H groups in total. The zero-order valence-corrected chi connectivity index (χ0v) is 18.6. The highest BCUT2D eigenvalue weighted by Crippen LogP contribution is 2.24. The van der Waals surface area contributed by atoms with Crippen LogP contribution in [0, 0.1) is 6.92 Å². The second kappa shape index (κ2) is 9.82. The first-order valence-corrected chi connectivity index (χ1v) is 10.4. The van der Waals surface area contributed by atoms with Crippen LogP contribution >= 0.6 is 0 Å². The maximum Gasteiger partial charge on any atom is 0.290 e. The zero-order chi connectivity index (χ0) is 23.2. The summed E-state index contributed by atoms with van der Waals surface area (Å²) in [5, 5.41) is 8.80. The lowest BCUT2D eigenvalue weighted by Gasteiger charge is -2.06. The molecule has 166 valence electrons. The highest BCUT2D eigenvalue weighted by atomic mass is 16.5. The molecule has 0 bridgehead atoms. The Balaban J connectivity index is 1.62. The Kier molecular flexibility index (Phi) is 6.50. The van der Waals surface area contributed by atoms with E-state index in [0.717, 1.165) is 33.9 Å². The highest BCUT2D eigenvalue weighted by Gasteiger charge is 2.17. The topological polar surface area (TPSA) is 77.7 Å². The van der Waals surface area contributed by atoms with Crippen molar-refractivity contribution in [3.63, 3.8) is 0 Å². The van der Waals surface area contributed by atoms with Gasteiger partial charge in [0.05, 0.1) is 31.8 Å². The lowest BCUT2D eigenvalue weighted by Crippen LogP contribution is -2.21. The number of hydrazone groups is 1. The molecule has 0 radical (unpaired) electrons. The van der Waals surface area contributed by atoms with Crippen molar-refractivity contribution in [3.05, 3.63) is 95.7 Å². The summed E-state index contributed by atoms with van der Waals surface area (Å²) in [6, 6.07) is 24.5. The van der Waals surface area contributed by atoms with Crippen molar-refractivity contribution in [2.24, 2.45) is 5.10 Å². The van der Waals surface area contributed by atoms with Crippen LogP contribution < -0.4 is 14.9 Å². The van der Waals surface area contributed by atoms with Crippen molar-refractivity contribution in [1.82, 2.24) is 15.2 Å². The van der Waals surface area contributed by atoms with Crippen molar-refractivity contribution in [3.8, 4) is 28.4 Å². The molecule has 0 saturated carbocycles. The smallest absolute Gasteiger partial charge is 0.290 e. The largest absolute Gasteiger partial charge is 0.497 e. The van der Waals surface area contributed by atoms with E-state index in [-0.39, 0.29) is 5.91 Å². The number of aromatic nitrogens is 2. The fourth-order valence-corrected chi connectivity index (χ4v) is 3.35. The number of aryl methyl sites for hydroxylation is 1. The SMILES string of the molecule is COc1ccc(-c2cc(C(=O)NN=Cc3ccc(C)c(OC)c3)n(-c3ccccc3)n2)cc1. The lowest BCUT2D eigenvalue weighted by atomic mass is 10.1. The molecule has 1 aromatic heterocycles. The van der Waals surface area contributed by atoms with Gasteiger partial charge in [0.1, 0.15) is 17.2 Å². The van der Waals surface area contributed by atoms with E-state index in [2.05, 4.69) is 15.6 Å². The van der Waals surface area contributed by atoms with E-state index >= 15 is 0 Å². The second-order valence-electron chi connectivity index (χ2n) is 7.32. The van der Waals surface area contributed by atoms with Crippen molar-refractivity contribution < 1.29 is 14.3 Å². The normalized spacial score (nSPS) is 10.9. The highest BCUT2D eigenvalue weighted by molar-refractivity contribution is 5.95. The van der Waals surface area contributed by atoms with Crippen LogP contribution in [0.1, 0.15) is 21.6 Å². The number of amides is 1. The number of carbonyl (C=O) groups excluding carboxylic acids is 1. The molecule has 7 heteroatoms. The minimum absolute atomic E-state index is 0.366. The number of hydrogen-bond acceptors (Lipinski definition) is 5. The van der Waals surface area contributed by atoms with Gasteiger partial charge in [-0.3, -0.25) is 4.79 Å². The zero-order valence-electron chi connectivity index (χ0n) is 18.6. The van der Waals surface area contributed by atoms with Crippen LogP contribution in [-0.4, -0.2) is 36.1 Å². The van der Waals surface area contributed by atoms with Crippen LogP contribution in [-0.2, 0) is 0 Å². The molecule has 7 nitrogen and oxygen atoms in total. The summed E-state index contributed by atoms with van der Waals surface area (Å²) in [7, 11) is 3.24. The van der Waals surface area contributed by atoms with Crippen LogP contribution in [0.4, 0.5) is 0 Å². The second-order valence-corrected chi connectivity index (χ2v) is 7.32. The number of methoxy groups -OCH3 is 2. The Hall–Kier alpha value is -4.39. The van der Waals surface area contributed by atoms with E-state index in [1.165, 1.54) is 0 Å². The third-order valence-corrected chi connectivity index (χ3v) is 5.14. The maximum atomic E-state index is 13.0. The molecule has 0 fully saturated rings. The van der Waals surface area contributed by atoms with E-state index in [1.807, 2.05) is 79.7 Å². The Morgan fingerprint density at radius 1 is 0.970 bits per heavy atom. The minimum atomic E-state index is -0.374. The van der Waals surface area contributed by atoms with E-state index < -0.39 is 0 Å². The number of hydrogen-bond donors (Lipinski definition) is 1. The summed E-state index contributed by atoms with van der Waals surface area (Å²) in [5.41, 5.74) is 7.11. The molecule has 1 heterocycles. The summed E-state index contributed by atoms with van der Waals surface area (Å²) in [4.78, 5) is 13.0. The molecule has 0 aliphatic rings. The maximum absolute atomic E-state index is 13.0. The van der Waals surface area contributed by atoms with Gasteiger partial charge < -0.3 is 9.47 Å². The summed E-state index contributed by atoms with van der Waals surface area (Å²) in [6.07, 6.45) is 1.58. The molecule has 33 heavy (non-hydrogen) atoms. The van der Waals surface area contributed by atoms with Gasteiger partial charge in [-0.25, -0.2) is 10.1 Å². The standard InChI is InChI=1S/C26H24N4O3/c1-18-9-10-19(15-25(18)33-3)17-27-28-26(31)24-16-23(20-11-13-22(32-2)14-12-20)29-30(24)21-7-5-4-6-8-21/h4-17H,1-3H3,(H,28,31). The van der Waals surface area contributed by atoms with E-state index in [1.54, 1.807) is 31.2 Å². The molecule has 0 atom stereocenters. The van der Waals surface area contributed by atoms with Crippen LogP contribution in [0.15, 0.2) is 84.0 Å². The van der Waals surface area contributed by atoms with E-state index in [0.29, 0.717) is 11.4 Å². The predicted molar refractivity (Wildman–Crippen MR) is 128 cm³/mol. The van der Waals surface area contributed by atoms with Crippen LogP contribution in [0.5, 0.6) is 11.5 Å². The van der Waals surface area contributed by atoms with Crippen molar-refractivity contribution in [2.75, 3.05) is 14.2 Å². The fourth-order valence-electron chi connectivity index (χ4n) is 3.35. The van der Waals surface area contributed by atoms with Gasteiger partial charge in [0.2, 0.25) is 0 Å². The predicted octanol–water partition coefficient (Wildman–Crippen LogP) is 4.63. The van der Waals surface area contributed by atoms with E-state index in [9.17, 15) is 4.79 Å². The number of ether oxygens (including phenoxy) is 2. The summed E-state index contributed by atoms with van der Waals surface area (Å²) >= 11 is 0. The summed E-state index contributed by atoms with van der Waals surface area (Å²) in [5.74, 6) is 1.14. The van der Waals surface area contributed by atoms with Crippen LogP contribution in [0.3, 0.4) is 0 Å². The first-order valence-electron chi connectivity index (χ1n) is 10.4. The third kappa shape index (κ3) is 4.93. The van der Waals surface area contributed by atoms with Gasteiger partial charge in [0, 0.05) is 5.56 Å². The Morgan fingerprint density at radius 3 is 2.42 bits per heavy atom. The van der Waals surface area contributed by atoms with Gasteiger partial charge in [-0.2, -0.15) is 10.2 Å². The third-order valence-electron chi connectivity index (χ3n) is 5.14. The molecular weight excluding hydrogens is 416 g/mol. The van der Waals surface area contributed by atoms with Crippen molar-refractivity contribution in [2.45, 2.75) is 6.92 Å². The van der Waals surface area contributed by atoms with Crippen molar-refractivity contribution in [1.29, 1.82) is 0 Å². The molecule has 0 aliphatic carbocycles. The molecular formula is C26H24N4O3. The lowest BCUT2D eigenvalue weighted by molar-refractivity contribution is 0.0947. The Labute approximate surface area is 192 Å². The fraction of sp³-hybridized carbons (Fsp3) is 0.115.